The van der Waals surface area contributed by atoms with Gasteiger partial charge in [0.15, 0.2) is 0 Å². The van der Waals surface area contributed by atoms with E-state index in [0.29, 0.717) is 12.3 Å². The van der Waals surface area contributed by atoms with Crippen LogP contribution >= 0.6 is 11.6 Å². The van der Waals surface area contributed by atoms with Gasteiger partial charge in [-0.15, -0.1) is 0 Å². The van der Waals surface area contributed by atoms with Crippen LogP contribution in [0.5, 0.6) is 0 Å². The molecular weight excluding hydrogens is 526 g/mol. The molecular formula is C24H21ClF6N4O2. The third-order valence-electron chi connectivity index (χ3n) is 4.76. The molecule has 0 aliphatic carbocycles. The van der Waals surface area contributed by atoms with Crippen LogP contribution in [-0.2, 0) is 4.74 Å². The summed E-state index contributed by atoms with van der Waals surface area (Å²) in [5, 5.41) is 7.29. The van der Waals surface area contributed by atoms with Gasteiger partial charge in [0.25, 0.3) is 0 Å². The lowest BCUT2D eigenvalue weighted by Gasteiger charge is -2.12. The van der Waals surface area contributed by atoms with Crippen molar-refractivity contribution < 1.29 is 35.9 Å². The van der Waals surface area contributed by atoms with Gasteiger partial charge in [0, 0.05) is 5.56 Å². The molecule has 0 atom stereocenters. The zero-order valence-corrected chi connectivity index (χ0v) is 19.7. The van der Waals surface area contributed by atoms with E-state index in [-0.39, 0.29) is 47.0 Å². The Morgan fingerprint density at radius 3 is 2.14 bits per heavy atom. The van der Waals surface area contributed by atoms with E-state index in [1.165, 1.54) is 36.4 Å². The normalized spacial score (nSPS) is 13.4. The Labute approximate surface area is 212 Å². The van der Waals surface area contributed by atoms with Crippen LogP contribution in [0.4, 0.5) is 32.0 Å². The monoisotopic (exact) mass is 546 g/mol. The Hall–Kier alpha value is -3.80. The molecule has 0 radical (unpaired) electrons. The van der Waals surface area contributed by atoms with Crippen molar-refractivity contribution in [3.63, 3.8) is 0 Å². The molecule has 0 heterocycles. The quantitative estimate of drug-likeness (QED) is 0.150. The average Bonchev–Trinajstić information content (AvgIpc) is 2.83. The van der Waals surface area contributed by atoms with Gasteiger partial charge in [0.2, 0.25) is 0 Å². The van der Waals surface area contributed by atoms with Crippen LogP contribution in [0.15, 0.2) is 77.1 Å². The summed E-state index contributed by atoms with van der Waals surface area (Å²) in [4.78, 5) is 16.4. The number of aliphatic imine (C=N–C) groups is 1. The second-order valence-corrected chi connectivity index (χ2v) is 7.83. The van der Waals surface area contributed by atoms with Crippen molar-refractivity contribution in [3.8, 4) is 0 Å². The maximum absolute atomic E-state index is 13.0. The van der Waals surface area contributed by atoms with Gasteiger partial charge in [0.05, 0.1) is 28.6 Å². The van der Waals surface area contributed by atoms with E-state index in [9.17, 15) is 31.1 Å². The molecule has 0 amide bonds. The maximum Gasteiger partial charge on any atom is 0.432 e. The summed E-state index contributed by atoms with van der Waals surface area (Å²) in [6.45, 7) is -0.257. The summed E-state index contributed by atoms with van der Waals surface area (Å²) in [5.41, 5.74) is 7.14. The fourth-order valence-corrected chi connectivity index (χ4v) is 3.02. The van der Waals surface area contributed by atoms with Gasteiger partial charge in [-0.05, 0) is 55.0 Å². The predicted octanol–water partition coefficient (Wildman–Crippen LogP) is 6.23. The molecule has 0 fully saturated rings. The first-order valence-electron chi connectivity index (χ1n) is 10.5. The number of hydrogen-bond donors (Lipinski definition) is 3. The topological polar surface area (TPSA) is 115 Å². The number of nitrogens with two attached hydrogens (primary N) is 2. The number of hydrogen-bond acceptors (Lipinski definition) is 6. The zero-order valence-electron chi connectivity index (χ0n) is 19.0. The smallest absolute Gasteiger partial charge is 0.432 e. The minimum Gasteiger partial charge on any atom is -0.462 e. The van der Waals surface area contributed by atoms with E-state index in [2.05, 4.69) is 4.99 Å². The highest BCUT2D eigenvalue weighted by Gasteiger charge is 2.36. The number of rotatable bonds is 9. The first kappa shape index (κ1) is 29.4. The molecule has 2 aromatic carbocycles. The summed E-state index contributed by atoms with van der Waals surface area (Å²) < 4.78 is 81.9. The molecule has 5 N–H and O–H groups in total. The van der Waals surface area contributed by atoms with Gasteiger partial charge in [-0.1, -0.05) is 35.9 Å². The second-order valence-electron chi connectivity index (χ2n) is 7.43. The van der Waals surface area contributed by atoms with Crippen molar-refractivity contribution in [1.82, 2.24) is 0 Å². The molecule has 0 bridgehead atoms. The molecule has 0 unspecified atom stereocenters. The van der Waals surface area contributed by atoms with Crippen LogP contribution in [0, 0.1) is 5.41 Å². The van der Waals surface area contributed by atoms with Crippen LogP contribution in [0.2, 0.25) is 5.02 Å². The third-order valence-corrected chi connectivity index (χ3v) is 5.08. The highest BCUT2D eigenvalue weighted by molar-refractivity contribution is 6.33. The SMILES string of the molecule is N=C(/C(=C\N)CCCOC(=O)c1ccc(C(C=C(N)C(F)(F)F)=Nc2ccccc2Cl)cc1)C(F)(F)F. The average molecular weight is 547 g/mol. The molecule has 13 heteroatoms. The van der Waals surface area contributed by atoms with E-state index in [1.54, 1.807) is 12.1 Å². The Balaban J connectivity index is 2.15. The largest absolute Gasteiger partial charge is 0.462 e. The number of halogens is 7. The summed E-state index contributed by atoms with van der Waals surface area (Å²) >= 11 is 6.06. The number of nitrogens with one attached hydrogen (secondary N) is 1. The number of ether oxygens (including phenoxy) is 1. The summed E-state index contributed by atoms with van der Waals surface area (Å²) in [6.07, 6.45) is -8.60. The molecule has 0 saturated carbocycles. The molecule has 0 aliphatic heterocycles. The first-order chi connectivity index (χ1) is 17.2. The van der Waals surface area contributed by atoms with Crippen LogP contribution in [0.1, 0.15) is 28.8 Å². The lowest BCUT2D eigenvalue weighted by atomic mass is 10.1. The lowest BCUT2D eigenvalue weighted by molar-refractivity contribution is -0.0925. The highest BCUT2D eigenvalue weighted by Crippen LogP contribution is 2.27. The van der Waals surface area contributed by atoms with Gasteiger partial charge >= 0.3 is 18.3 Å². The number of nitrogens with zero attached hydrogens (tertiary/aromatic N) is 1. The molecule has 0 aromatic heterocycles. The fourth-order valence-electron chi connectivity index (χ4n) is 2.84. The Morgan fingerprint density at radius 1 is 1.00 bits per heavy atom. The second kappa shape index (κ2) is 12.4. The number of carbonyl (C=O) groups is 1. The van der Waals surface area contributed by atoms with E-state index in [1.807, 2.05) is 0 Å². The van der Waals surface area contributed by atoms with E-state index >= 15 is 0 Å². The fraction of sp³-hybridized carbons (Fsp3) is 0.208. The molecule has 37 heavy (non-hydrogen) atoms. The van der Waals surface area contributed by atoms with Crippen molar-refractivity contribution in [1.29, 1.82) is 5.41 Å². The molecule has 2 rings (SSSR count). The molecule has 0 aliphatic rings. The number of alkyl halides is 6. The highest BCUT2D eigenvalue weighted by atomic mass is 35.5. The molecule has 198 valence electrons. The Morgan fingerprint density at radius 2 is 1.59 bits per heavy atom. The van der Waals surface area contributed by atoms with E-state index in [4.69, 9.17) is 33.2 Å². The molecule has 0 saturated heterocycles. The van der Waals surface area contributed by atoms with Gasteiger partial charge in [0.1, 0.15) is 11.4 Å². The number of esters is 1. The maximum atomic E-state index is 13.0. The molecule has 6 nitrogen and oxygen atoms in total. The predicted molar refractivity (Wildman–Crippen MR) is 128 cm³/mol. The van der Waals surface area contributed by atoms with Crippen molar-refractivity contribution in [3.05, 3.63) is 88.2 Å². The molecule has 0 spiro atoms. The Bertz CT molecular complexity index is 1220. The first-order valence-corrected chi connectivity index (χ1v) is 10.8. The minimum atomic E-state index is -4.85. The summed E-state index contributed by atoms with van der Waals surface area (Å²) in [5.74, 6) is -0.814. The number of benzene rings is 2. The van der Waals surface area contributed by atoms with Crippen molar-refractivity contribution >= 4 is 34.7 Å². The van der Waals surface area contributed by atoms with Gasteiger partial charge < -0.3 is 16.2 Å². The third kappa shape index (κ3) is 8.67. The van der Waals surface area contributed by atoms with E-state index in [0.717, 1.165) is 0 Å². The van der Waals surface area contributed by atoms with Crippen LogP contribution in [0.3, 0.4) is 0 Å². The van der Waals surface area contributed by atoms with E-state index < -0.39 is 35.3 Å². The van der Waals surface area contributed by atoms with Crippen molar-refractivity contribution in [2.75, 3.05) is 6.61 Å². The van der Waals surface area contributed by atoms with Crippen LogP contribution < -0.4 is 11.5 Å². The summed E-state index contributed by atoms with van der Waals surface area (Å²) in [7, 11) is 0. The summed E-state index contributed by atoms with van der Waals surface area (Å²) in [6, 6.07) is 11.4. The van der Waals surface area contributed by atoms with Gasteiger partial charge in [-0.2, -0.15) is 26.3 Å². The lowest BCUT2D eigenvalue weighted by Crippen LogP contribution is -2.24. The van der Waals surface area contributed by atoms with Gasteiger partial charge in [-0.25, -0.2) is 9.79 Å². The van der Waals surface area contributed by atoms with Crippen molar-refractivity contribution in [2.45, 2.75) is 25.2 Å². The minimum absolute atomic E-state index is 0.0263. The zero-order chi connectivity index (χ0) is 27.8. The molecule has 2 aromatic rings. The van der Waals surface area contributed by atoms with Crippen molar-refractivity contribution in [2.24, 2.45) is 16.5 Å². The van der Waals surface area contributed by atoms with Crippen LogP contribution in [-0.4, -0.2) is 36.4 Å². The van der Waals surface area contributed by atoms with Crippen LogP contribution in [0.25, 0.3) is 0 Å². The Kier molecular flexibility index (Phi) is 9.89. The number of carbonyl (C=O) groups excluding carboxylic acids is 1. The standard InChI is InChI=1S/C24H21ClF6N4O2/c25-17-5-1-2-6-18(17)35-19(12-20(33)23(26,27)28)14-7-9-15(10-8-14)22(36)37-11-3-4-16(13-32)21(34)24(29,30)31/h1-2,5-10,12-13,34H,3-4,11,32-33H2/b16-13-,20-12?,34-21?,35-19?. The number of allylic oxidation sites excluding steroid dienone is 3. The van der Waals surface area contributed by atoms with Gasteiger partial charge in [-0.3, -0.25) is 5.41 Å². The number of para-hydroxylation sites is 1.